The van der Waals surface area contributed by atoms with Crippen LogP contribution in [0.25, 0.3) is 0 Å². The van der Waals surface area contributed by atoms with Gasteiger partial charge in [-0.25, -0.2) is 0 Å². The van der Waals surface area contributed by atoms with Gasteiger partial charge in [-0.15, -0.1) is 0 Å². The first-order valence-corrected chi connectivity index (χ1v) is 5.60. The maximum Gasteiger partial charge on any atom is 0.227 e. The smallest absolute Gasteiger partial charge is 0.227 e. The Balaban J connectivity index is 1.86. The van der Waals surface area contributed by atoms with Crippen molar-refractivity contribution in [1.29, 1.82) is 0 Å². The van der Waals surface area contributed by atoms with Gasteiger partial charge >= 0.3 is 0 Å². The van der Waals surface area contributed by atoms with Crippen molar-refractivity contribution in [2.24, 2.45) is 11.7 Å². The number of rotatable bonds is 4. The molecule has 5 heteroatoms. The molecule has 1 fully saturated rings. The number of hydrogen-bond acceptors (Lipinski definition) is 5. The van der Waals surface area contributed by atoms with E-state index in [1.54, 1.807) is 0 Å². The van der Waals surface area contributed by atoms with Gasteiger partial charge in [0.1, 0.15) is 0 Å². The number of nitrogens with two attached hydrogens (primary N) is 1. The second kappa shape index (κ2) is 5.23. The van der Waals surface area contributed by atoms with E-state index in [1.165, 1.54) is 12.8 Å². The first-order valence-electron chi connectivity index (χ1n) is 5.60. The highest BCUT2D eigenvalue weighted by atomic mass is 16.5. The molecule has 3 N–H and O–H groups in total. The second-order valence-corrected chi connectivity index (χ2v) is 4.04. The SMILES string of the molecule is NCCc1nc(CC2CCNCC2)no1. The second-order valence-electron chi connectivity index (χ2n) is 4.04. The van der Waals surface area contributed by atoms with Crippen LogP contribution in [0, 0.1) is 5.92 Å². The lowest BCUT2D eigenvalue weighted by Gasteiger charge is -2.20. The molecular weight excluding hydrogens is 192 g/mol. The van der Waals surface area contributed by atoms with Crippen LogP contribution in [0.15, 0.2) is 4.52 Å². The third-order valence-corrected chi connectivity index (χ3v) is 2.80. The summed E-state index contributed by atoms with van der Waals surface area (Å²) in [6.45, 7) is 2.78. The fraction of sp³-hybridized carbons (Fsp3) is 0.800. The van der Waals surface area contributed by atoms with Gasteiger partial charge in [0.25, 0.3) is 0 Å². The summed E-state index contributed by atoms with van der Waals surface area (Å²) in [6.07, 6.45) is 4.04. The van der Waals surface area contributed by atoms with Crippen LogP contribution >= 0.6 is 0 Å². The van der Waals surface area contributed by atoms with Gasteiger partial charge in [0.2, 0.25) is 5.89 Å². The lowest BCUT2D eigenvalue weighted by molar-refractivity contribution is 0.347. The van der Waals surface area contributed by atoms with Crippen LogP contribution in [0.4, 0.5) is 0 Å². The molecule has 1 aliphatic rings. The van der Waals surface area contributed by atoms with Crippen LogP contribution in [-0.4, -0.2) is 29.8 Å². The first kappa shape index (κ1) is 10.6. The molecule has 1 aromatic heterocycles. The fourth-order valence-electron chi connectivity index (χ4n) is 1.94. The molecule has 0 unspecified atom stereocenters. The van der Waals surface area contributed by atoms with Gasteiger partial charge in [-0.2, -0.15) is 4.98 Å². The number of piperidine rings is 1. The Hall–Kier alpha value is -0.940. The molecule has 0 bridgehead atoms. The van der Waals surface area contributed by atoms with Crippen LogP contribution in [-0.2, 0) is 12.8 Å². The summed E-state index contributed by atoms with van der Waals surface area (Å²) in [4.78, 5) is 4.32. The molecule has 2 heterocycles. The molecule has 15 heavy (non-hydrogen) atoms. The van der Waals surface area contributed by atoms with Crippen LogP contribution in [0.2, 0.25) is 0 Å². The van der Waals surface area contributed by atoms with E-state index in [9.17, 15) is 0 Å². The summed E-state index contributed by atoms with van der Waals surface area (Å²) in [6, 6.07) is 0. The number of nitrogens with zero attached hydrogens (tertiary/aromatic N) is 2. The Labute approximate surface area is 89.4 Å². The Morgan fingerprint density at radius 1 is 1.40 bits per heavy atom. The summed E-state index contributed by atoms with van der Waals surface area (Å²) in [5, 5.41) is 7.31. The lowest BCUT2D eigenvalue weighted by Crippen LogP contribution is -2.28. The molecular formula is C10H18N4O. The molecule has 5 nitrogen and oxygen atoms in total. The average molecular weight is 210 g/mol. The largest absolute Gasteiger partial charge is 0.339 e. The molecule has 84 valence electrons. The average Bonchev–Trinajstić information content (AvgIpc) is 2.68. The van der Waals surface area contributed by atoms with E-state index in [0.29, 0.717) is 24.8 Å². The van der Waals surface area contributed by atoms with Gasteiger partial charge in [0.05, 0.1) is 0 Å². The van der Waals surface area contributed by atoms with Gasteiger partial charge < -0.3 is 15.6 Å². The molecule has 0 atom stereocenters. The summed E-state index contributed by atoms with van der Waals surface area (Å²) in [5.74, 6) is 2.21. The standard InChI is InChI=1S/C10H18N4O/c11-4-1-10-13-9(14-15-10)7-8-2-5-12-6-3-8/h8,12H,1-7,11H2. The predicted molar refractivity (Wildman–Crippen MR) is 56.4 cm³/mol. The summed E-state index contributed by atoms with van der Waals surface area (Å²) in [5.41, 5.74) is 5.42. The number of hydrogen-bond donors (Lipinski definition) is 2. The van der Waals surface area contributed by atoms with Crippen LogP contribution in [0.5, 0.6) is 0 Å². The summed E-state index contributed by atoms with van der Waals surface area (Å²) < 4.78 is 5.09. The monoisotopic (exact) mass is 210 g/mol. The van der Waals surface area contributed by atoms with Gasteiger partial charge in [-0.1, -0.05) is 5.16 Å². The molecule has 0 aliphatic carbocycles. The fourth-order valence-corrected chi connectivity index (χ4v) is 1.94. The normalized spacial score (nSPS) is 18.2. The Bertz CT molecular complexity index is 293. The summed E-state index contributed by atoms with van der Waals surface area (Å²) >= 11 is 0. The molecule has 1 saturated heterocycles. The Morgan fingerprint density at radius 3 is 2.93 bits per heavy atom. The highest BCUT2D eigenvalue weighted by Gasteiger charge is 2.16. The first-order chi connectivity index (χ1) is 7.38. The zero-order valence-corrected chi connectivity index (χ0v) is 8.91. The van der Waals surface area contributed by atoms with E-state index < -0.39 is 0 Å². The highest BCUT2D eigenvalue weighted by Crippen LogP contribution is 2.16. The topological polar surface area (TPSA) is 77.0 Å². The van der Waals surface area contributed by atoms with Crippen molar-refractivity contribution in [3.8, 4) is 0 Å². The number of aromatic nitrogens is 2. The van der Waals surface area contributed by atoms with E-state index in [4.69, 9.17) is 10.3 Å². The van der Waals surface area contributed by atoms with E-state index in [-0.39, 0.29) is 0 Å². The minimum absolute atomic E-state index is 0.564. The third kappa shape index (κ3) is 3.00. The van der Waals surface area contributed by atoms with E-state index >= 15 is 0 Å². The molecule has 1 aliphatic heterocycles. The Kier molecular flexibility index (Phi) is 3.69. The molecule has 0 aromatic carbocycles. The van der Waals surface area contributed by atoms with Gasteiger partial charge in [-0.3, -0.25) is 0 Å². The zero-order chi connectivity index (χ0) is 10.5. The van der Waals surface area contributed by atoms with Crippen molar-refractivity contribution in [3.05, 3.63) is 11.7 Å². The molecule has 0 saturated carbocycles. The van der Waals surface area contributed by atoms with Crippen molar-refractivity contribution < 1.29 is 4.52 Å². The lowest BCUT2D eigenvalue weighted by atomic mass is 9.94. The molecule has 1 aromatic rings. The molecule has 2 rings (SSSR count). The van der Waals surface area contributed by atoms with Gasteiger partial charge in [0.15, 0.2) is 5.82 Å². The maximum atomic E-state index is 5.42. The molecule has 0 spiro atoms. The van der Waals surface area contributed by atoms with Gasteiger partial charge in [-0.05, 0) is 31.8 Å². The van der Waals surface area contributed by atoms with Crippen LogP contribution < -0.4 is 11.1 Å². The molecule has 0 amide bonds. The van der Waals surface area contributed by atoms with Gasteiger partial charge in [0, 0.05) is 19.4 Å². The van der Waals surface area contributed by atoms with Crippen molar-refractivity contribution in [3.63, 3.8) is 0 Å². The van der Waals surface area contributed by atoms with Crippen molar-refractivity contribution >= 4 is 0 Å². The third-order valence-electron chi connectivity index (χ3n) is 2.80. The minimum Gasteiger partial charge on any atom is -0.339 e. The maximum absolute atomic E-state index is 5.42. The minimum atomic E-state index is 0.564. The van der Waals surface area contributed by atoms with E-state index in [1.807, 2.05) is 0 Å². The quantitative estimate of drug-likeness (QED) is 0.737. The van der Waals surface area contributed by atoms with E-state index in [2.05, 4.69) is 15.5 Å². The zero-order valence-electron chi connectivity index (χ0n) is 8.91. The predicted octanol–water partition coefficient (Wildman–Crippen LogP) is 0.113. The van der Waals surface area contributed by atoms with Crippen LogP contribution in [0.3, 0.4) is 0 Å². The van der Waals surface area contributed by atoms with Crippen molar-refractivity contribution in [1.82, 2.24) is 15.5 Å². The van der Waals surface area contributed by atoms with Crippen molar-refractivity contribution in [2.45, 2.75) is 25.7 Å². The Morgan fingerprint density at radius 2 is 2.20 bits per heavy atom. The van der Waals surface area contributed by atoms with Crippen molar-refractivity contribution in [2.75, 3.05) is 19.6 Å². The highest BCUT2D eigenvalue weighted by molar-refractivity contribution is 4.89. The number of nitrogens with one attached hydrogen (secondary N) is 1. The summed E-state index contributed by atoms with van der Waals surface area (Å²) in [7, 11) is 0. The molecule has 0 radical (unpaired) electrons. The van der Waals surface area contributed by atoms with E-state index in [0.717, 1.165) is 25.3 Å². The van der Waals surface area contributed by atoms with Crippen LogP contribution in [0.1, 0.15) is 24.6 Å².